The Morgan fingerprint density at radius 3 is 2.88 bits per heavy atom. The Hall–Kier alpha value is -2.11. The maximum Gasteiger partial charge on any atom is 0.328 e. The van der Waals surface area contributed by atoms with Gasteiger partial charge in [-0.05, 0) is 19.9 Å². The van der Waals surface area contributed by atoms with E-state index in [0.29, 0.717) is 11.1 Å². The third-order valence-electron chi connectivity index (χ3n) is 2.97. The molecule has 0 radical (unpaired) electrons. The summed E-state index contributed by atoms with van der Waals surface area (Å²) in [6, 6.07) is 1.74. The molecular formula is C11H13N3O3. The molecule has 0 bridgehead atoms. The first kappa shape index (κ1) is 11.4. The van der Waals surface area contributed by atoms with Crippen molar-refractivity contribution in [1.82, 2.24) is 10.1 Å². The van der Waals surface area contributed by atoms with Gasteiger partial charge in [-0.2, -0.15) is 0 Å². The van der Waals surface area contributed by atoms with E-state index in [9.17, 15) is 9.90 Å². The van der Waals surface area contributed by atoms with E-state index in [-0.39, 0.29) is 0 Å². The molecule has 2 aromatic rings. The number of pyridine rings is 1. The van der Waals surface area contributed by atoms with Crippen LogP contribution in [0.25, 0.3) is 11.1 Å². The highest BCUT2D eigenvalue weighted by Crippen LogP contribution is 2.29. The minimum absolute atomic E-state index is 0.399. The van der Waals surface area contributed by atoms with Crippen LogP contribution in [0, 0.1) is 0 Å². The molecule has 0 amide bonds. The van der Waals surface area contributed by atoms with Crippen molar-refractivity contribution in [3.8, 4) is 0 Å². The number of rotatable bonds is 3. The summed E-state index contributed by atoms with van der Waals surface area (Å²) in [7, 11) is 1.72. The van der Waals surface area contributed by atoms with Crippen LogP contribution in [0.5, 0.6) is 0 Å². The molecule has 1 N–H and O–H groups in total. The van der Waals surface area contributed by atoms with E-state index >= 15 is 0 Å². The molecular weight excluding hydrogens is 222 g/mol. The van der Waals surface area contributed by atoms with Crippen molar-refractivity contribution in [3.05, 3.63) is 18.5 Å². The van der Waals surface area contributed by atoms with Gasteiger partial charge in [-0.15, -0.1) is 0 Å². The highest BCUT2D eigenvalue weighted by Gasteiger charge is 2.33. The Bertz CT molecular complexity index is 562. The van der Waals surface area contributed by atoms with Crippen LogP contribution >= 0.6 is 0 Å². The molecule has 0 saturated carbocycles. The van der Waals surface area contributed by atoms with Crippen molar-refractivity contribution < 1.29 is 14.4 Å². The van der Waals surface area contributed by atoms with Gasteiger partial charge in [0, 0.05) is 13.2 Å². The van der Waals surface area contributed by atoms with Crippen molar-refractivity contribution in [2.75, 3.05) is 11.9 Å². The maximum absolute atomic E-state index is 11.2. The van der Waals surface area contributed by atoms with Crippen molar-refractivity contribution >= 4 is 22.8 Å². The summed E-state index contributed by atoms with van der Waals surface area (Å²) in [5.41, 5.74) is 0.102. The molecule has 0 aliphatic heterocycles. The van der Waals surface area contributed by atoms with E-state index in [2.05, 4.69) is 10.1 Å². The standard InChI is InChI=1S/C11H13N3O3/c1-11(2,10(15)16)14(3)8-4-5-12-9-7(8)6-13-17-9/h4-6H,1-3H3,(H,15,16). The van der Waals surface area contributed by atoms with E-state index < -0.39 is 11.5 Å². The van der Waals surface area contributed by atoms with Gasteiger partial charge in [-0.1, -0.05) is 5.16 Å². The number of aliphatic carboxylic acids is 1. The van der Waals surface area contributed by atoms with E-state index in [0.717, 1.165) is 5.69 Å². The van der Waals surface area contributed by atoms with Gasteiger partial charge in [0.25, 0.3) is 5.71 Å². The van der Waals surface area contributed by atoms with Gasteiger partial charge in [-0.25, -0.2) is 9.78 Å². The Kier molecular flexibility index (Phi) is 2.49. The predicted octanol–water partition coefficient (Wildman–Crippen LogP) is 1.52. The number of fused-ring (bicyclic) bond motifs is 1. The van der Waals surface area contributed by atoms with Crippen molar-refractivity contribution in [2.45, 2.75) is 19.4 Å². The summed E-state index contributed by atoms with van der Waals surface area (Å²) in [5.74, 6) is -0.901. The molecule has 0 unspecified atom stereocenters. The van der Waals surface area contributed by atoms with E-state index in [1.54, 1.807) is 38.1 Å². The molecule has 6 heteroatoms. The number of hydrogen-bond donors (Lipinski definition) is 1. The third kappa shape index (κ3) is 1.71. The van der Waals surface area contributed by atoms with Crippen molar-refractivity contribution in [3.63, 3.8) is 0 Å². The summed E-state index contributed by atoms with van der Waals surface area (Å²) < 4.78 is 4.95. The van der Waals surface area contributed by atoms with Crippen LogP contribution in [0.3, 0.4) is 0 Å². The van der Waals surface area contributed by atoms with Crippen molar-refractivity contribution in [2.24, 2.45) is 0 Å². The summed E-state index contributed by atoms with van der Waals surface area (Å²) in [6.07, 6.45) is 3.10. The summed E-state index contributed by atoms with van der Waals surface area (Å²) >= 11 is 0. The molecule has 0 spiro atoms. The quantitative estimate of drug-likeness (QED) is 0.868. The highest BCUT2D eigenvalue weighted by molar-refractivity contribution is 5.91. The molecule has 0 saturated heterocycles. The number of aromatic nitrogens is 2. The van der Waals surface area contributed by atoms with Gasteiger partial charge >= 0.3 is 5.97 Å². The zero-order valence-corrected chi connectivity index (χ0v) is 9.84. The first-order chi connectivity index (χ1) is 7.94. The SMILES string of the molecule is CN(c1ccnc2oncc12)C(C)(C)C(=O)O. The van der Waals surface area contributed by atoms with Gasteiger partial charge in [0.1, 0.15) is 5.54 Å². The molecule has 2 heterocycles. The molecule has 6 nitrogen and oxygen atoms in total. The monoisotopic (exact) mass is 235 g/mol. The van der Waals surface area contributed by atoms with E-state index in [4.69, 9.17) is 4.52 Å². The largest absolute Gasteiger partial charge is 0.480 e. The number of nitrogens with zero attached hydrogens (tertiary/aromatic N) is 3. The van der Waals surface area contributed by atoms with Gasteiger partial charge < -0.3 is 14.5 Å². The Balaban J connectivity index is 2.53. The van der Waals surface area contributed by atoms with Crippen LogP contribution in [-0.4, -0.2) is 33.8 Å². The zero-order valence-electron chi connectivity index (χ0n) is 9.84. The number of carboxylic acids is 1. The summed E-state index contributed by atoms with van der Waals surface area (Å²) in [6.45, 7) is 3.27. The predicted molar refractivity (Wildman–Crippen MR) is 61.9 cm³/mol. The minimum atomic E-state index is -1.02. The normalized spacial score (nSPS) is 11.7. The van der Waals surface area contributed by atoms with Crippen LogP contribution in [0.1, 0.15) is 13.8 Å². The fourth-order valence-electron chi connectivity index (χ4n) is 1.50. The van der Waals surface area contributed by atoms with E-state index in [1.807, 2.05) is 0 Å². The lowest BCUT2D eigenvalue weighted by Crippen LogP contribution is -2.48. The van der Waals surface area contributed by atoms with Crippen LogP contribution in [0.2, 0.25) is 0 Å². The van der Waals surface area contributed by atoms with Crippen LogP contribution in [0.15, 0.2) is 23.0 Å². The molecule has 90 valence electrons. The second-order valence-corrected chi connectivity index (χ2v) is 4.30. The molecule has 2 rings (SSSR count). The molecule has 0 aliphatic rings. The van der Waals surface area contributed by atoms with Crippen molar-refractivity contribution in [1.29, 1.82) is 0 Å². The number of hydrogen-bond acceptors (Lipinski definition) is 5. The lowest BCUT2D eigenvalue weighted by atomic mass is 10.0. The fraction of sp³-hybridized carbons (Fsp3) is 0.364. The maximum atomic E-state index is 11.2. The number of carbonyl (C=O) groups is 1. The average Bonchev–Trinajstić information content (AvgIpc) is 2.75. The Morgan fingerprint density at radius 2 is 2.24 bits per heavy atom. The molecule has 0 fully saturated rings. The number of carboxylic acid groups (broad SMARTS) is 1. The summed E-state index contributed by atoms with van der Waals surface area (Å²) in [4.78, 5) is 16.9. The van der Waals surface area contributed by atoms with E-state index in [1.165, 1.54) is 6.20 Å². The summed E-state index contributed by atoms with van der Waals surface area (Å²) in [5, 5.41) is 13.6. The van der Waals surface area contributed by atoms with Crippen LogP contribution in [0.4, 0.5) is 5.69 Å². The minimum Gasteiger partial charge on any atom is -0.480 e. The highest BCUT2D eigenvalue weighted by atomic mass is 16.5. The molecule has 0 atom stereocenters. The average molecular weight is 235 g/mol. The zero-order chi connectivity index (χ0) is 12.6. The van der Waals surface area contributed by atoms with Gasteiger partial charge in [0.15, 0.2) is 0 Å². The smallest absolute Gasteiger partial charge is 0.328 e. The fourth-order valence-corrected chi connectivity index (χ4v) is 1.50. The van der Waals surface area contributed by atoms with Gasteiger partial charge in [0.05, 0.1) is 17.3 Å². The first-order valence-corrected chi connectivity index (χ1v) is 5.11. The molecule has 17 heavy (non-hydrogen) atoms. The van der Waals surface area contributed by atoms with Gasteiger partial charge in [0.2, 0.25) is 0 Å². The van der Waals surface area contributed by atoms with Crippen LogP contribution < -0.4 is 4.90 Å². The lowest BCUT2D eigenvalue weighted by molar-refractivity contribution is -0.142. The topological polar surface area (TPSA) is 79.5 Å². The van der Waals surface area contributed by atoms with Crippen LogP contribution in [-0.2, 0) is 4.79 Å². The molecule has 0 aliphatic carbocycles. The Morgan fingerprint density at radius 1 is 1.53 bits per heavy atom. The number of likely N-dealkylation sites (N-methyl/N-ethyl adjacent to an activating group) is 1. The van der Waals surface area contributed by atoms with Gasteiger partial charge in [-0.3, -0.25) is 0 Å². The molecule has 2 aromatic heterocycles. The third-order valence-corrected chi connectivity index (χ3v) is 2.97. The Labute approximate surface area is 97.8 Å². The molecule has 0 aromatic carbocycles. The second-order valence-electron chi connectivity index (χ2n) is 4.30. The number of anilines is 1. The lowest BCUT2D eigenvalue weighted by Gasteiger charge is -2.33. The second kappa shape index (κ2) is 3.73. The first-order valence-electron chi connectivity index (χ1n) is 5.11.